The number of benzene rings is 2. The van der Waals surface area contributed by atoms with E-state index in [1.54, 1.807) is 0 Å². The standard InChI is InChI=1S/C15H8ClFN2O2/c16-14-5-2-6-15(17)13(14)8-11(9-18)10-3-1-4-12(7-10)19(20)21/h1-8H/b11-8+. The van der Waals surface area contributed by atoms with Crippen LogP contribution in [-0.4, -0.2) is 4.92 Å². The van der Waals surface area contributed by atoms with Crippen molar-refractivity contribution in [3.05, 3.63) is 74.5 Å². The molecule has 0 fully saturated rings. The molecule has 0 heterocycles. The van der Waals surface area contributed by atoms with Gasteiger partial charge in [0.15, 0.2) is 0 Å². The smallest absolute Gasteiger partial charge is 0.258 e. The minimum absolute atomic E-state index is 0.0715. The summed E-state index contributed by atoms with van der Waals surface area (Å²) in [6.45, 7) is 0. The summed E-state index contributed by atoms with van der Waals surface area (Å²) in [4.78, 5) is 10.2. The first-order valence-corrected chi connectivity index (χ1v) is 6.21. The predicted molar refractivity (Wildman–Crippen MR) is 78.0 cm³/mol. The van der Waals surface area contributed by atoms with Crippen LogP contribution in [0.25, 0.3) is 11.6 Å². The summed E-state index contributed by atoms with van der Waals surface area (Å²) in [6.07, 6.45) is 1.27. The molecular weight excluding hydrogens is 295 g/mol. The van der Waals surface area contributed by atoms with Crippen LogP contribution in [0, 0.1) is 27.3 Å². The molecular formula is C15H8ClFN2O2. The zero-order valence-corrected chi connectivity index (χ0v) is 11.3. The van der Waals surface area contributed by atoms with E-state index < -0.39 is 10.7 Å². The van der Waals surface area contributed by atoms with Crippen LogP contribution in [0.4, 0.5) is 10.1 Å². The fourth-order valence-electron chi connectivity index (χ4n) is 1.76. The molecule has 0 radical (unpaired) electrons. The highest BCUT2D eigenvalue weighted by molar-refractivity contribution is 6.32. The molecule has 0 bridgehead atoms. The first-order chi connectivity index (χ1) is 10.0. The number of rotatable bonds is 3. The molecule has 0 N–H and O–H groups in total. The monoisotopic (exact) mass is 302 g/mol. The summed E-state index contributed by atoms with van der Waals surface area (Å²) in [6, 6.07) is 11.6. The maximum Gasteiger partial charge on any atom is 0.270 e. The van der Waals surface area contributed by atoms with Crippen molar-refractivity contribution >= 4 is 28.9 Å². The summed E-state index contributed by atoms with van der Waals surface area (Å²) < 4.78 is 13.7. The van der Waals surface area contributed by atoms with Crippen molar-refractivity contribution in [2.24, 2.45) is 0 Å². The van der Waals surface area contributed by atoms with E-state index in [2.05, 4.69) is 0 Å². The van der Waals surface area contributed by atoms with Crippen molar-refractivity contribution in [2.45, 2.75) is 0 Å². The van der Waals surface area contributed by atoms with Crippen LogP contribution >= 0.6 is 11.6 Å². The van der Waals surface area contributed by atoms with Crippen molar-refractivity contribution in [3.8, 4) is 6.07 Å². The zero-order chi connectivity index (χ0) is 15.4. The summed E-state index contributed by atoms with van der Waals surface area (Å²) in [5.41, 5.74) is 0.340. The average molecular weight is 303 g/mol. The Labute approximate surface area is 124 Å². The molecule has 0 aliphatic heterocycles. The van der Waals surface area contributed by atoms with Gasteiger partial charge < -0.3 is 0 Å². The molecule has 21 heavy (non-hydrogen) atoms. The van der Waals surface area contributed by atoms with Gasteiger partial charge in [0.1, 0.15) is 5.82 Å². The highest BCUT2D eigenvalue weighted by Gasteiger charge is 2.11. The largest absolute Gasteiger partial charge is 0.270 e. The van der Waals surface area contributed by atoms with E-state index in [1.165, 1.54) is 48.5 Å². The van der Waals surface area contributed by atoms with Crippen LogP contribution in [0.15, 0.2) is 42.5 Å². The number of non-ortho nitro benzene ring substituents is 1. The van der Waals surface area contributed by atoms with E-state index in [0.717, 1.165) is 0 Å². The van der Waals surface area contributed by atoms with Crippen LogP contribution in [-0.2, 0) is 0 Å². The second-order valence-electron chi connectivity index (χ2n) is 4.11. The van der Waals surface area contributed by atoms with Gasteiger partial charge in [0.05, 0.1) is 21.6 Å². The third-order valence-corrected chi connectivity index (χ3v) is 3.11. The van der Waals surface area contributed by atoms with Crippen LogP contribution in [0.2, 0.25) is 5.02 Å². The van der Waals surface area contributed by atoms with Crippen LogP contribution in [0.5, 0.6) is 0 Å². The fourth-order valence-corrected chi connectivity index (χ4v) is 1.98. The van der Waals surface area contributed by atoms with Gasteiger partial charge >= 0.3 is 0 Å². The molecule has 0 saturated carbocycles. The number of nitro groups is 1. The molecule has 0 amide bonds. The lowest BCUT2D eigenvalue weighted by Crippen LogP contribution is -1.90. The Bertz CT molecular complexity index is 761. The molecule has 0 aliphatic rings. The van der Waals surface area contributed by atoms with Gasteiger partial charge in [-0.15, -0.1) is 0 Å². The van der Waals surface area contributed by atoms with Crippen molar-refractivity contribution in [1.82, 2.24) is 0 Å². The van der Waals surface area contributed by atoms with E-state index in [9.17, 15) is 19.8 Å². The Balaban J connectivity index is 2.55. The molecule has 4 nitrogen and oxygen atoms in total. The second-order valence-corrected chi connectivity index (χ2v) is 4.52. The normalized spacial score (nSPS) is 11.0. The first kappa shape index (κ1) is 14.7. The fraction of sp³-hybridized carbons (Fsp3) is 0. The Hall–Kier alpha value is -2.71. The maximum absolute atomic E-state index is 13.7. The van der Waals surface area contributed by atoms with E-state index in [1.807, 2.05) is 6.07 Å². The van der Waals surface area contributed by atoms with E-state index >= 15 is 0 Å². The molecule has 0 aromatic heterocycles. The Morgan fingerprint density at radius 3 is 2.67 bits per heavy atom. The Morgan fingerprint density at radius 1 is 1.33 bits per heavy atom. The number of allylic oxidation sites excluding steroid dienone is 1. The molecule has 2 aromatic carbocycles. The minimum atomic E-state index is -0.569. The second kappa shape index (κ2) is 6.16. The van der Waals surface area contributed by atoms with Gasteiger partial charge in [0.25, 0.3) is 5.69 Å². The quantitative estimate of drug-likeness (QED) is 0.364. The molecule has 6 heteroatoms. The molecule has 2 aromatic rings. The Kier molecular flexibility index (Phi) is 4.31. The molecule has 104 valence electrons. The molecule has 0 spiro atoms. The SMILES string of the molecule is N#C/C(=C\c1c(F)cccc1Cl)c1cccc([N+](=O)[O-])c1. The zero-order valence-electron chi connectivity index (χ0n) is 10.6. The highest BCUT2D eigenvalue weighted by Crippen LogP contribution is 2.26. The van der Waals surface area contributed by atoms with Gasteiger partial charge in [-0.3, -0.25) is 10.1 Å². The number of hydrogen-bond donors (Lipinski definition) is 0. The van der Waals surface area contributed by atoms with Gasteiger partial charge in [-0.05, 0) is 23.8 Å². The van der Waals surface area contributed by atoms with Gasteiger partial charge in [0, 0.05) is 17.7 Å². The molecule has 0 unspecified atom stereocenters. The average Bonchev–Trinajstić information content (AvgIpc) is 2.47. The number of hydrogen-bond acceptors (Lipinski definition) is 3. The van der Waals surface area contributed by atoms with E-state index in [4.69, 9.17) is 11.6 Å². The third kappa shape index (κ3) is 3.25. The molecule has 2 rings (SSSR count). The number of nitriles is 1. The number of halogens is 2. The minimum Gasteiger partial charge on any atom is -0.258 e. The predicted octanol–water partition coefficient (Wildman–Crippen LogP) is 4.45. The number of nitrogens with zero attached hydrogens (tertiary/aromatic N) is 2. The van der Waals surface area contributed by atoms with Gasteiger partial charge in [-0.1, -0.05) is 29.8 Å². The van der Waals surface area contributed by atoms with E-state index in [-0.39, 0.29) is 21.8 Å². The lowest BCUT2D eigenvalue weighted by atomic mass is 10.0. The third-order valence-electron chi connectivity index (χ3n) is 2.78. The molecule has 0 aliphatic carbocycles. The van der Waals surface area contributed by atoms with Crippen LogP contribution < -0.4 is 0 Å². The first-order valence-electron chi connectivity index (χ1n) is 5.83. The van der Waals surface area contributed by atoms with Crippen molar-refractivity contribution in [2.75, 3.05) is 0 Å². The van der Waals surface area contributed by atoms with Crippen molar-refractivity contribution in [1.29, 1.82) is 5.26 Å². The maximum atomic E-state index is 13.7. The van der Waals surface area contributed by atoms with Gasteiger partial charge in [-0.2, -0.15) is 5.26 Å². The van der Waals surface area contributed by atoms with E-state index in [0.29, 0.717) is 5.56 Å². The van der Waals surface area contributed by atoms with Crippen LogP contribution in [0.3, 0.4) is 0 Å². The summed E-state index contributed by atoms with van der Waals surface area (Å²) in [5, 5.41) is 20.1. The van der Waals surface area contributed by atoms with Gasteiger partial charge in [0.2, 0.25) is 0 Å². The molecule has 0 saturated heterocycles. The summed E-state index contributed by atoms with van der Waals surface area (Å²) in [5.74, 6) is -0.569. The molecule has 0 atom stereocenters. The Morgan fingerprint density at radius 2 is 2.05 bits per heavy atom. The summed E-state index contributed by atoms with van der Waals surface area (Å²) in [7, 11) is 0. The topological polar surface area (TPSA) is 66.9 Å². The number of nitro benzene ring substituents is 1. The lowest BCUT2D eigenvalue weighted by molar-refractivity contribution is -0.384. The van der Waals surface area contributed by atoms with Crippen molar-refractivity contribution in [3.63, 3.8) is 0 Å². The van der Waals surface area contributed by atoms with Crippen LogP contribution in [0.1, 0.15) is 11.1 Å². The summed E-state index contributed by atoms with van der Waals surface area (Å²) >= 11 is 5.90. The van der Waals surface area contributed by atoms with Gasteiger partial charge in [-0.25, -0.2) is 4.39 Å². The van der Waals surface area contributed by atoms with Crippen molar-refractivity contribution < 1.29 is 9.31 Å². The lowest BCUT2D eigenvalue weighted by Gasteiger charge is -2.03. The highest BCUT2D eigenvalue weighted by atomic mass is 35.5.